The molecule has 1 heterocycles. The van der Waals surface area contributed by atoms with Crippen molar-refractivity contribution >= 4 is 46.4 Å². The molecule has 0 spiro atoms. The van der Waals surface area contributed by atoms with E-state index in [1.807, 2.05) is 30.3 Å². The minimum Gasteiger partial charge on any atom is -0.451 e. The van der Waals surface area contributed by atoms with Crippen molar-refractivity contribution in [3.05, 3.63) is 82.0 Å². The average molecular weight is 405 g/mol. The molecule has 0 fully saturated rings. The zero-order valence-corrected chi connectivity index (χ0v) is 15.8. The first kappa shape index (κ1) is 18.5. The van der Waals surface area contributed by atoms with Gasteiger partial charge >= 0.3 is 0 Å². The molecule has 2 N–H and O–H groups in total. The lowest BCUT2D eigenvalue weighted by Gasteiger charge is -2.08. The molecular weight excluding hydrogens is 391 g/mol. The molecule has 4 nitrogen and oxygen atoms in total. The van der Waals surface area contributed by atoms with E-state index in [9.17, 15) is 4.79 Å². The second-order valence-corrected chi connectivity index (χ2v) is 6.66. The summed E-state index contributed by atoms with van der Waals surface area (Å²) in [6, 6.07) is 18.0. The van der Waals surface area contributed by atoms with Gasteiger partial charge in [-0.25, -0.2) is 0 Å². The van der Waals surface area contributed by atoms with Crippen molar-refractivity contribution in [2.24, 2.45) is 0 Å². The lowest BCUT2D eigenvalue weighted by molar-refractivity contribution is 0.0950. The molecule has 0 aliphatic rings. The molecule has 1 aromatic heterocycles. The highest BCUT2D eigenvalue weighted by molar-refractivity contribution is 7.80. The summed E-state index contributed by atoms with van der Waals surface area (Å²) in [6.45, 7) is 0.518. The topological polar surface area (TPSA) is 54.3 Å². The smallest absolute Gasteiger partial charge is 0.293 e. The highest BCUT2D eigenvalue weighted by Gasteiger charge is 2.15. The predicted molar refractivity (Wildman–Crippen MR) is 108 cm³/mol. The molecule has 0 unspecified atom stereocenters. The van der Waals surface area contributed by atoms with Gasteiger partial charge in [0.05, 0.1) is 5.02 Å². The van der Waals surface area contributed by atoms with Crippen molar-refractivity contribution in [3.63, 3.8) is 0 Å². The Morgan fingerprint density at radius 1 is 1.04 bits per heavy atom. The number of benzene rings is 2. The van der Waals surface area contributed by atoms with Crippen molar-refractivity contribution in [2.45, 2.75) is 6.54 Å². The number of carbonyl (C=O) groups excluding carboxylic acids is 1. The van der Waals surface area contributed by atoms with E-state index < -0.39 is 5.91 Å². The van der Waals surface area contributed by atoms with Gasteiger partial charge in [-0.3, -0.25) is 10.1 Å². The van der Waals surface area contributed by atoms with Crippen LogP contribution in [0.15, 0.2) is 65.1 Å². The third-order valence-corrected chi connectivity index (χ3v) is 4.34. The molecule has 1 amide bonds. The predicted octanol–water partition coefficient (Wildman–Crippen LogP) is 5.06. The van der Waals surface area contributed by atoms with Gasteiger partial charge in [-0.1, -0.05) is 53.5 Å². The Bertz CT molecular complexity index is 942. The molecule has 0 radical (unpaired) electrons. The second-order valence-electron chi connectivity index (χ2n) is 5.41. The summed E-state index contributed by atoms with van der Waals surface area (Å²) in [6.07, 6.45) is 0. The molecule has 0 saturated carbocycles. The van der Waals surface area contributed by atoms with Crippen molar-refractivity contribution < 1.29 is 9.21 Å². The van der Waals surface area contributed by atoms with Crippen LogP contribution in [-0.2, 0) is 6.54 Å². The van der Waals surface area contributed by atoms with Gasteiger partial charge in [-0.05, 0) is 48.1 Å². The highest BCUT2D eigenvalue weighted by Crippen LogP contribution is 2.31. The zero-order chi connectivity index (χ0) is 18.5. The summed E-state index contributed by atoms with van der Waals surface area (Å²) >= 11 is 17.2. The number of carbonyl (C=O) groups is 1. The molecule has 0 aliphatic heterocycles. The summed E-state index contributed by atoms with van der Waals surface area (Å²) < 4.78 is 5.59. The molecule has 0 atom stereocenters. The highest BCUT2D eigenvalue weighted by atomic mass is 35.5. The number of amides is 1. The zero-order valence-electron chi connectivity index (χ0n) is 13.5. The molecule has 0 saturated heterocycles. The SMILES string of the molecule is O=C(NC(=S)NCc1ccccc1)c1ccc(-c2ccc(Cl)cc2Cl)o1. The fourth-order valence-electron chi connectivity index (χ4n) is 2.28. The number of halogens is 2. The Balaban J connectivity index is 1.62. The van der Waals surface area contributed by atoms with E-state index in [2.05, 4.69) is 10.6 Å². The molecule has 2 aromatic carbocycles. The fourth-order valence-corrected chi connectivity index (χ4v) is 2.95. The van der Waals surface area contributed by atoms with Crippen molar-refractivity contribution in [1.29, 1.82) is 0 Å². The van der Waals surface area contributed by atoms with Gasteiger partial charge in [0.15, 0.2) is 10.9 Å². The standard InChI is InChI=1S/C19H14Cl2N2O2S/c20-13-6-7-14(15(21)10-13)16-8-9-17(25-16)18(24)23-19(26)22-11-12-4-2-1-3-5-12/h1-10H,11H2,(H2,22,23,24,26). The van der Waals surface area contributed by atoms with Crippen molar-refractivity contribution in [1.82, 2.24) is 10.6 Å². The summed E-state index contributed by atoms with van der Waals surface area (Å²) in [7, 11) is 0. The van der Waals surface area contributed by atoms with Gasteiger partial charge in [0, 0.05) is 17.1 Å². The Morgan fingerprint density at radius 3 is 2.54 bits per heavy atom. The first-order chi connectivity index (χ1) is 12.5. The minimum absolute atomic E-state index is 0.134. The minimum atomic E-state index is -0.438. The van der Waals surface area contributed by atoms with Crippen LogP contribution in [-0.4, -0.2) is 11.0 Å². The van der Waals surface area contributed by atoms with E-state index in [0.717, 1.165) is 5.56 Å². The second kappa shape index (κ2) is 8.36. The Morgan fingerprint density at radius 2 is 1.81 bits per heavy atom. The van der Waals surface area contributed by atoms with Crippen LogP contribution in [0.4, 0.5) is 0 Å². The van der Waals surface area contributed by atoms with E-state index >= 15 is 0 Å². The molecule has 0 bridgehead atoms. The van der Waals surface area contributed by atoms with E-state index in [0.29, 0.717) is 27.9 Å². The van der Waals surface area contributed by atoms with Crippen LogP contribution in [0.3, 0.4) is 0 Å². The molecule has 0 aliphatic carbocycles. The normalized spacial score (nSPS) is 10.4. The Labute approximate surface area is 166 Å². The quantitative estimate of drug-likeness (QED) is 0.596. The molecule has 3 aromatic rings. The maximum atomic E-state index is 12.3. The molecule has 3 rings (SSSR count). The van der Waals surface area contributed by atoms with E-state index in [-0.39, 0.29) is 10.9 Å². The molecular formula is C19H14Cl2N2O2S. The number of thiocarbonyl (C=S) groups is 1. The van der Waals surface area contributed by atoms with E-state index in [4.69, 9.17) is 39.8 Å². The third kappa shape index (κ3) is 4.64. The number of furan rings is 1. The van der Waals surface area contributed by atoms with Gasteiger partial charge in [0.2, 0.25) is 0 Å². The van der Waals surface area contributed by atoms with Gasteiger partial charge in [0.1, 0.15) is 5.76 Å². The Kier molecular flexibility index (Phi) is 5.93. The molecule has 7 heteroatoms. The number of rotatable bonds is 4. The van der Waals surface area contributed by atoms with Gasteiger partial charge < -0.3 is 9.73 Å². The molecule has 26 heavy (non-hydrogen) atoms. The monoisotopic (exact) mass is 404 g/mol. The lowest BCUT2D eigenvalue weighted by atomic mass is 10.2. The summed E-state index contributed by atoms with van der Waals surface area (Å²) in [4.78, 5) is 12.3. The summed E-state index contributed by atoms with van der Waals surface area (Å²) in [5.41, 5.74) is 1.71. The first-order valence-electron chi connectivity index (χ1n) is 7.71. The van der Waals surface area contributed by atoms with Crippen LogP contribution in [0, 0.1) is 0 Å². The van der Waals surface area contributed by atoms with Gasteiger partial charge in [-0.2, -0.15) is 0 Å². The maximum Gasteiger partial charge on any atom is 0.293 e. The van der Waals surface area contributed by atoms with Gasteiger partial charge in [0.25, 0.3) is 5.91 Å². The van der Waals surface area contributed by atoms with Crippen LogP contribution >= 0.6 is 35.4 Å². The Hall–Kier alpha value is -2.34. The van der Waals surface area contributed by atoms with E-state index in [1.54, 1.807) is 30.3 Å². The van der Waals surface area contributed by atoms with Crippen LogP contribution in [0.5, 0.6) is 0 Å². The average Bonchev–Trinajstić information content (AvgIpc) is 3.11. The lowest BCUT2D eigenvalue weighted by Crippen LogP contribution is -2.38. The number of hydrogen-bond donors (Lipinski definition) is 2. The van der Waals surface area contributed by atoms with Gasteiger partial charge in [-0.15, -0.1) is 0 Å². The van der Waals surface area contributed by atoms with Crippen LogP contribution in [0.2, 0.25) is 10.0 Å². The van der Waals surface area contributed by atoms with Crippen molar-refractivity contribution in [2.75, 3.05) is 0 Å². The van der Waals surface area contributed by atoms with Crippen LogP contribution in [0.1, 0.15) is 16.1 Å². The molecule has 132 valence electrons. The van der Waals surface area contributed by atoms with Crippen molar-refractivity contribution in [3.8, 4) is 11.3 Å². The fraction of sp³-hybridized carbons (Fsp3) is 0.0526. The third-order valence-electron chi connectivity index (χ3n) is 3.55. The summed E-state index contributed by atoms with van der Waals surface area (Å²) in [5, 5.41) is 6.76. The van der Waals surface area contributed by atoms with Crippen LogP contribution in [0.25, 0.3) is 11.3 Å². The number of hydrogen-bond acceptors (Lipinski definition) is 3. The first-order valence-corrected chi connectivity index (χ1v) is 8.88. The largest absolute Gasteiger partial charge is 0.451 e. The van der Waals surface area contributed by atoms with E-state index in [1.165, 1.54) is 0 Å². The summed E-state index contributed by atoms with van der Waals surface area (Å²) in [5.74, 6) is 0.168. The maximum absolute atomic E-state index is 12.3. The van der Waals surface area contributed by atoms with Crippen LogP contribution < -0.4 is 10.6 Å². The number of nitrogens with one attached hydrogen (secondary N) is 2.